The Morgan fingerprint density at radius 3 is 2.55 bits per heavy atom. The molecule has 0 fully saturated rings. The van der Waals surface area contributed by atoms with E-state index in [0.29, 0.717) is 6.10 Å². The van der Waals surface area contributed by atoms with Crippen LogP contribution in [0.25, 0.3) is 11.0 Å². The third-order valence-electron chi connectivity index (χ3n) is 3.54. The second kappa shape index (κ2) is 7.88. The van der Waals surface area contributed by atoms with Crippen LogP contribution in [-0.2, 0) is 0 Å². The van der Waals surface area contributed by atoms with Crippen molar-refractivity contribution in [3.8, 4) is 5.75 Å². The summed E-state index contributed by atoms with van der Waals surface area (Å²) >= 11 is 0. The van der Waals surface area contributed by atoms with Crippen LogP contribution in [0.2, 0.25) is 0 Å². The van der Waals surface area contributed by atoms with Gasteiger partial charge in [0, 0.05) is 6.07 Å². The molecule has 2 rings (SSSR count). The number of nitrogens with zero attached hydrogens (tertiary/aromatic N) is 2. The van der Waals surface area contributed by atoms with Crippen molar-refractivity contribution in [2.45, 2.75) is 64.9 Å². The van der Waals surface area contributed by atoms with Crippen LogP contribution >= 0.6 is 0 Å². The SMILES string of the molecule is CCCCCC(CCCC)Oc1ccc2nonc2c1. The Balaban J connectivity index is 1.97. The predicted molar refractivity (Wildman–Crippen MR) is 79.9 cm³/mol. The van der Waals surface area contributed by atoms with Crippen molar-refractivity contribution in [3.63, 3.8) is 0 Å². The highest BCUT2D eigenvalue weighted by Crippen LogP contribution is 2.22. The summed E-state index contributed by atoms with van der Waals surface area (Å²) in [7, 11) is 0. The van der Waals surface area contributed by atoms with E-state index in [1.807, 2.05) is 18.2 Å². The van der Waals surface area contributed by atoms with Gasteiger partial charge in [-0.15, -0.1) is 0 Å². The Bertz CT molecular complexity index is 510. The highest BCUT2D eigenvalue weighted by atomic mass is 16.6. The summed E-state index contributed by atoms with van der Waals surface area (Å²) in [6.07, 6.45) is 8.73. The van der Waals surface area contributed by atoms with Gasteiger partial charge in [0.15, 0.2) is 0 Å². The minimum absolute atomic E-state index is 0.304. The molecule has 0 radical (unpaired) electrons. The first-order chi connectivity index (χ1) is 9.83. The normalized spacial score (nSPS) is 12.7. The third kappa shape index (κ3) is 4.22. The molecular weight excluding hydrogens is 252 g/mol. The second-order valence-electron chi connectivity index (χ2n) is 5.29. The van der Waals surface area contributed by atoms with Gasteiger partial charge in [-0.05, 0) is 41.7 Å². The van der Waals surface area contributed by atoms with E-state index < -0.39 is 0 Å². The van der Waals surface area contributed by atoms with Gasteiger partial charge in [0.05, 0.1) is 6.10 Å². The van der Waals surface area contributed by atoms with Crippen LogP contribution < -0.4 is 4.74 Å². The zero-order valence-electron chi connectivity index (χ0n) is 12.5. The van der Waals surface area contributed by atoms with E-state index in [1.165, 1.54) is 32.1 Å². The lowest BCUT2D eigenvalue weighted by Crippen LogP contribution is -2.16. The van der Waals surface area contributed by atoms with Crippen molar-refractivity contribution in [3.05, 3.63) is 18.2 Å². The molecule has 1 unspecified atom stereocenters. The van der Waals surface area contributed by atoms with Crippen molar-refractivity contribution in [2.24, 2.45) is 0 Å². The Hall–Kier alpha value is -1.58. The fraction of sp³-hybridized carbons (Fsp3) is 0.625. The largest absolute Gasteiger partial charge is 0.490 e. The Kier molecular flexibility index (Phi) is 5.84. The van der Waals surface area contributed by atoms with Crippen LogP contribution in [0.4, 0.5) is 0 Å². The summed E-state index contributed by atoms with van der Waals surface area (Å²) in [5, 5.41) is 7.67. The van der Waals surface area contributed by atoms with Gasteiger partial charge in [-0.25, -0.2) is 4.63 Å². The zero-order chi connectivity index (χ0) is 14.2. The average molecular weight is 276 g/mol. The molecule has 0 bridgehead atoms. The van der Waals surface area contributed by atoms with Crippen LogP contribution in [0.15, 0.2) is 22.8 Å². The Morgan fingerprint density at radius 1 is 1.00 bits per heavy atom. The average Bonchev–Trinajstić information content (AvgIpc) is 2.92. The monoisotopic (exact) mass is 276 g/mol. The van der Waals surface area contributed by atoms with Crippen LogP contribution in [0.5, 0.6) is 5.75 Å². The van der Waals surface area contributed by atoms with E-state index >= 15 is 0 Å². The van der Waals surface area contributed by atoms with E-state index in [9.17, 15) is 0 Å². The van der Waals surface area contributed by atoms with Gasteiger partial charge in [0.25, 0.3) is 0 Å². The van der Waals surface area contributed by atoms with Crippen molar-refractivity contribution in [1.29, 1.82) is 0 Å². The van der Waals surface area contributed by atoms with Crippen molar-refractivity contribution >= 4 is 11.0 Å². The molecule has 2 aromatic rings. The number of aromatic nitrogens is 2. The second-order valence-corrected chi connectivity index (χ2v) is 5.29. The molecule has 0 N–H and O–H groups in total. The van der Waals surface area contributed by atoms with Gasteiger partial charge in [-0.3, -0.25) is 0 Å². The number of fused-ring (bicyclic) bond motifs is 1. The molecule has 0 aliphatic carbocycles. The van der Waals surface area contributed by atoms with Crippen LogP contribution in [0.3, 0.4) is 0 Å². The van der Waals surface area contributed by atoms with Gasteiger partial charge in [-0.1, -0.05) is 39.5 Å². The summed E-state index contributed by atoms with van der Waals surface area (Å²) in [5.74, 6) is 0.866. The third-order valence-corrected chi connectivity index (χ3v) is 3.54. The molecule has 1 atom stereocenters. The van der Waals surface area contributed by atoms with E-state index in [-0.39, 0.29) is 0 Å². The topological polar surface area (TPSA) is 48.2 Å². The maximum atomic E-state index is 6.13. The standard InChI is InChI=1S/C16H24N2O2/c1-3-5-7-9-13(8-6-4-2)19-14-10-11-15-16(12-14)18-20-17-15/h10-13H,3-9H2,1-2H3. The molecular formula is C16H24N2O2. The lowest BCUT2D eigenvalue weighted by Gasteiger charge is -2.19. The fourth-order valence-electron chi connectivity index (χ4n) is 2.34. The highest BCUT2D eigenvalue weighted by molar-refractivity contribution is 5.74. The number of rotatable bonds is 9. The molecule has 0 spiro atoms. The van der Waals surface area contributed by atoms with E-state index in [1.54, 1.807) is 0 Å². The smallest absolute Gasteiger partial charge is 0.138 e. The Labute approximate surface area is 120 Å². The van der Waals surface area contributed by atoms with Gasteiger partial charge < -0.3 is 4.74 Å². The molecule has 0 saturated carbocycles. The van der Waals surface area contributed by atoms with E-state index in [4.69, 9.17) is 9.37 Å². The number of hydrogen-bond donors (Lipinski definition) is 0. The first kappa shape index (κ1) is 14.8. The van der Waals surface area contributed by atoms with Gasteiger partial charge in [0.1, 0.15) is 16.8 Å². The minimum atomic E-state index is 0.304. The molecule has 0 aliphatic heterocycles. The molecule has 0 aliphatic rings. The molecule has 4 nitrogen and oxygen atoms in total. The molecule has 0 amide bonds. The summed E-state index contributed by atoms with van der Waals surface area (Å²) in [6.45, 7) is 4.45. The molecule has 1 aromatic carbocycles. The maximum Gasteiger partial charge on any atom is 0.138 e. The zero-order valence-corrected chi connectivity index (χ0v) is 12.5. The lowest BCUT2D eigenvalue weighted by molar-refractivity contribution is 0.174. The fourth-order valence-corrected chi connectivity index (χ4v) is 2.34. The quantitative estimate of drug-likeness (QED) is 0.621. The van der Waals surface area contributed by atoms with Crippen molar-refractivity contribution < 1.29 is 9.37 Å². The first-order valence-corrected chi connectivity index (χ1v) is 7.72. The number of unbranched alkanes of at least 4 members (excludes halogenated alkanes) is 3. The number of hydrogen-bond acceptors (Lipinski definition) is 4. The molecule has 1 aromatic heterocycles. The molecule has 20 heavy (non-hydrogen) atoms. The van der Waals surface area contributed by atoms with Crippen molar-refractivity contribution in [2.75, 3.05) is 0 Å². The van der Waals surface area contributed by atoms with Crippen molar-refractivity contribution in [1.82, 2.24) is 10.3 Å². The summed E-state index contributed by atoms with van der Waals surface area (Å²) in [4.78, 5) is 0. The number of benzene rings is 1. The Morgan fingerprint density at radius 2 is 1.75 bits per heavy atom. The first-order valence-electron chi connectivity index (χ1n) is 7.72. The molecule has 4 heteroatoms. The highest BCUT2D eigenvalue weighted by Gasteiger charge is 2.11. The van der Waals surface area contributed by atoms with Crippen LogP contribution in [0.1, 0.15) is 58.8 Å². The van der Waals surface area contributed by atoms with Gasteiger partial charge >= 0.3 is 0 Å². The van der Waals surface area contributed by atoms with Gasteiger partial charge in [-0.2, -0.15) is 0 Å². The van der Waals surface area contributed by atoms with Gasteiger partial charge in [0.2, 0.25) is 0 Å². The maximum absolute atomic E-state index is 6.13. The molecule has 1 heterocycles. The van der Waals surface area contributed by atoms with Crippen LogP contribution in [-0.4, -0.2) is 16.4 Å². The summed E-state index contributed by atoms with van der Waals surface area (Å²) in [5.41, 5.74) is 1.53. The lowest BCUT2D eigenvalue weighted by atomic mass is 10.1. The van der Waals surface area contributed by atoms with E-state index in [0.717, 1.165) is 29.6 Å². The van der Waals surface area contributed by atoms with Crippen LogP contribution in [0, 0.1) is 0 Å². The molecule has 0 saturated heterocycles. The summed E-state index contributed by atoms with van der Waals surface area (Å²) < 4.78 is 10.8. The predicted octanol–water partition coefficient (Wildman–Crippen LogP) is 4.74. The van der Waals surface area contributed by atoms with E-state index in [2.05, 4.69) is 24.2 Å². The summed E-state index contributed by atoms with van der Waals surface area (Å²) in [6, 6.07) is 5.75. The minimum Gasteiger partial charge on any atom is -0.490 e. The molecule has 110 valence electrons. The number of ether oxygens (including phenoxy) is 1.